The number of para-hydroxylation sites is 1. The standard InChI is InChI=1S/C39H45ClN6O6/c1-3-5-6-7-8-15-22-41-35(48)28-20-21-32(31(40)23-28)43-36(49)33(34(47)29-24-42-45(26-29)30-18-13-10-14-19-30)46-37(50)38(52-4-2)44(39(46)51)25-27-16-11-9-12-17-27/h9-14,16-21,23-24,29,33,50H,3-8,15,22,25-26H2,1-2H3,(H,41,48)(H,43,49). The van der Waals surface area contributed by atoms with Gasteiger partial charge >= 0.3 is 5.69 Å². The van der Waals surface area contributed by atoms with Crippen LogP contribution in [0.2, 0.25) is 5.02 Å². The van der Waals surface area contributed by atoms with Crippen LogP contribution in [0.3, 0.4) is 0 Å². The van der Waals surface area contributed by atoms with Crippen LogP contribution in [0.5, 0.6) is 11.8 Å². The minimum atomic E-state index is -1.84. The van der Waals surface area contributed by atoms with Gasteiger partial charge in [0.2, 0.25) is 0 Å². The maximum Gasteiger partial charge on any atom is 0.335 e. The number of amides is 2. The van der Waals surface area contributed by atoms with E-state index in [4.69, 9.17) is 16.3 Å². The van der Waals surface area contributed by atoms with Crippen LogP contribution < -0.4 is 26.1 Å². The maximum atomic E-state index is 14.3. The molecule has 4 aromatic rings. The number of carbonyl (C=O) groups excluding carboxylic acids is 3. The summed E-state index contributed by atoms with van der Waals surface area (Å²) in [4.78, 5) is 55.4. The number of nitrogens with one attached hydrogen (secondary N) is 2. The van der Waals surface area contributed by atoms with Gasteiger partial charge in [0.15, 0.2) is 11.8 Å². The fourth-order valence-corrected chi connectivity index (χ4v) is 6.30. The highest BCUT2D eigenvalue weighted by atomic mass is 35.5. The number of anilines is 2. The van der Waals surface area contributed by atoms with Gasteiger partial charge < -0.3 is 20.5 Å². The van der Waals surface area contributed by atoms with Gasteiger partial charge in [-0.05, 0) is 49.2 Å². The summed E-state index contributed by atoms with van der Waals surface area (Å²) in [6, 6.07) is 20.8. The first-order valence-electron chi connectivity index (χ1n) is 17.7. The molecule has 0 fully saturated rings. The quantitative estimate of drug-likeness (QED) is 0.0792. The predicted octanol–water partition coefficient (Wildman–Crippen LogP) is 6.42. The molecule has 1 aromatic heterocycles. The first kappa shape index (κ1) is 37.9. The Morgan fingerprint density at radius 3 is 2.35 bits per heavy atom. The average Bonchev–Trinajstić information content (AvgIpc) is 3.73. The second-order valence-electron chi connectivity index (χ2n) is 12.6. The van der Waals surface area contributed by atoms with Crippen LogP contribution in [0.15, 0.2) is 88.8 Å². The van der Waals surface area contributed by atoms with Gasteiger partial charge in [-0.15, -0.1) is 0 Å². The van der Waals surface area contributed by atoms with E-state index < -0.39 is 35.2 Å². The summed E-state index contributed by atoms with van der Waals surface area (Å²) in [7, 11) is 0. The molecule has 0 spiro atoms. The molecule has 0 bridgehead atoms. The van der Waals surface area contributed by atoms with Crippen molar-refractivity contribution in [1.29, 1.82) is 0 Å². The van der Waals surface area contributed by atoms with Crippen molar-refractivity contribution < 1.29 is 24.2 Å². The van der Waals surface area contributed by atoms with Gasteiger partial charge in [0.25, 0.3) is 23.6 Å². The van der Waals surface area contributed by atoms with Crippen molar-refractivity contribution in [1.82, 2.24) is 14.5 Å². The summed E-state index contributed by atoms with van der Waals surface area (Å²) < 4.78 is 7.64. The minimum Gasteiger partial charge on any atom is -0.491 e. The van der Waals surface area contributed by atoms with Gasteiger partial charge in [-0.3, -0.25) is 24.0 Å². The van der Waals surface area contributed by atoms with Crippen LogP contribution in [0.4, 0.5) is 11.4 Å². The topological polar surface area (TPSA) is 147 Å². The molecular formula is C39H45ClN6O6. The maximum absolute atomic E-state index is 14.3. The Morgan fingerprint density at radius 2 is 1.65 bits per heavy atom. The number of halogens is 1. The summed E-state index contributed by atoms with van der Waals surface area (Å²) in [5.41, 5.74) is 1.07. The largest absolute Gasteiger partial charge is 0.491 e. The van der Waals surface area contributed by atoms with Crippen LogP contribution in [-0.2, 0) is 16.1 Å². The highest BCUT2D eigenvalue weighted by molar-refractivity contribution is 6.34. The average molecular weight is 729 g/mol. The lowest BCUT2D eigenvalue weighted by Crippen LogP contribution is -2.42. The van der Waals surface area contributed by atoms with Crippen LogP contribution in [0.1, 0.15) is 74.3 Å². The fourth-order valence-electron chi connectivity index (χ4n) is 6.07. The number of carbonyl (C=O) groups is 3. The molecule has 3 aromatic carbocycles. The first-order chi connectivity index (χ1) is 25.2. The molecule has 0 aliphatic carbocycles. The molecule has 0 radical (unpaired) electrons. The Balaban J connectivity index is 1.41. The number of hydrogen-bond acceptors (Lipinski definition) is 8. The van der Waals surface area contributed by atoms with Crippen molar-refractivity contribution in [2.75, 3.05) is 30.0 Å². The Hall–Kier alpha value is -5.36. The van der Waals surface area contributed by atoms with E-state index in [9.17, 15) is 24.3 Å². The Kier molecular flexibility index (Phi) is 13.3. The molecule has 3 N–H and O–H groups in total. The number of imidazole rings is 1. The first-order valence-corrected chi connectivity index (χ1v) is 18.1. The number of aromatic nitrogens is 2. The van der Waals surface area contributed by atoms with Crippen molar-refractivity contribution in [3.05, 3.63) is 105 Å². The number of ether oxygens (including phenoxy) is 1. The lowest BCUT2D eigenvalue weighted by atomic mass is 9.98. The minimum absolute atomic E-state index is 0.0129. The summed E-state index contributed by atoms with van der Waals surface area (Å²) in [5, 5.41) is 23.1. The number of hydrazone groups is 1. The number of Topliss-reactive ketones (excluding diaryl/α,β-unsaturated/α-hetero) is 1. The zero-order valence-corrected chi connectivity index (χ0v) is 30.2. The third-order valence-corrected chi connectivity index (χ3v) is 9.14. The number of unbranched alkanes of at least 4 members (excludes halogenated alkanes) is 5. The Bertz CT molecular complexity index is 1930. The number of hydrogen-bond donors (Lipinski definition) is 3. The molecule has 1 aliphatic rings. The lowest BCUT2D eigenvalue weighted by Gasteiger charge is -2.21. The molecule has 5 rings (SSSR count). The van der Waals surface area contributed by atoms with Gasteiger partial charge in [-0.2, -0.15) is 5.10 Å². The van der Waals surface area contributed by atoms with Crippen LogP contribution in [0.25, 0.3) is 0 Å². The molecule has 12 nitrogen and oxygen atoms in total. The number of benzene rings is 3. The summed E-state index contributed by atoms with van der Waals surface area (Å²) in [6.45, 7) is 4.61. The fraction of sp³-hybridized carbons (Fsp3) is 0.359. The summed E-state index contributed by atoms with van der Waals surface area (Å²) >= 11 is 6.57. The van der Waals surface area contributed by atoms with Crippen molar-refractivity contribution in [2.24, 2.45) is 11.0 Å². The van der Waals surface area contributed by atoms with Gasteiger partial charge in [0.1, 0.15) is 0 Å². The van der Waals surface area contributed by atoms with E-state index in [0.29, 0.717) is 12.1 Å². The molecule has 0 saturated heterocycles. The summed E-state index contributed by atoms with van der Waals surface area (Å²) in [5.74, 6) is -3.67. The van der Waals surface area contributed by atoms with Crippen LogP contribution >= 0.6 is 11.6 Å². The van der Waals surface area contributed by atoms with Gasteiger partial charge in [-0.25, -0.2) is 9.36 Å². The van der Waals surface area contributed by atoms with Crippen molar-refractivity contribution in [2.45, 2.75) is 65.0 Å². The van der Waals surface area contributed by atoms with Gasteiger partial charge in [0, 0.05) is 18.3 Å². The van der Waals surface area contributed by atoms with E-state index >= 15 is 0 Å². The van der Waals surface area contributed by atoms with Crippen molar-refractivity contribution in [3.8, 4) is 11.8 Å². The van der Waals surface area contributed by atoms with Gasteiger partial charge in [-0.1, -0.05) is 99.2 Å². The van der Waals surface area contributed by atoms with E-state index in [1.807, 2.05) is 48.5 Å². The summed E-state index contributed by atoms with van der Waals surface area (Å²) in [6.07, 6.45) is 8.01. The van der Waals surface area contributed by atoms with Crippen LogP contribution in [0, 0.1) is 5.92 Å². The highest BCUT2D eigenvalue weighted by Gasteiger charge is 2.41. The number of ketones is 1. The number of nitrogens with zero attached hydrogens (tertiary/aromatic N) is 4. The van der Waals surface area contributed by atoms with Crippen molar-refractivity contribution >= 4 is 46.8 Å². The zero-order chi connectivity index (χ0) is 37.0. The molecule has 274 valence electrons. The van der Waals surface area contributed by atoms with Crippen LogP contribution in [-0.4, -0.2) is 57.7 Å². The van der Waals surface area contributed by atoms with E-state index in [1.165, 1.54) is 48.2 Å². The molecular weight excluding hydrogens is 684 g/mol. The number of rotatable bonds is 18. The molecule has 2 heterocycles. The second-order valence-corrected chi connectivity index (χ2v) is 13.0. The van der Waals surface area contributed by atoms with E-state index in [2.05, 4.69) is 22.7 Å². The molecule has 2 atom stereocenters. The Morgan fingerprint density at radius 1 is 0.962 bits per heavy atom. The second kappa shape index (κ2) is 18.2. The molecule has 13 heteroatoms. The monoisotopic (exact) mass is 728 g/mol. The molecule has 0 saturated carbocycles. The van der Waals surface area contributed by atoms with E-state index in [0.717, 1.165) is 35.1 Å². The predicted molar refractivity (Wildman–Crippen MR) is 203 cm³/mol. The third kappa shape index (κ3) is 9.10. The zero-order valence-electron chi connectivity index (χ0n) is 29.5. The SMILES string of the molecule is CCCCCCCCNC(=O)c1ccc(NC(=O)C(C(=O)C2C=NN(c3ccccc3)C2)n2c(O)c(OCC)n(Cc3ccccc3)c2=O)c(Cl)c1. The van der Waals surface area contributed by atoms with E-state index in [1.54, 1.807) is 24.1 Å². The molecule has 1 aliphatic heterocycles. The molecule has 2 amide bonds. The lowest BCUT2D eigenvalue weighted by molar-refractivity contribution is -0.131. The van der Waals surface area contributed by atoms with Crippen molar-refractivity contribution in [3.63, 3.8) is 0 Å². The third-order valence-electron chi connectivity index (χ3n) is 8.82. The number of aromatic hydroxyl groups is 1. The van der Waals surface area contributed by atoms with Gasteiger partial charge in [0.05, 0.1) is 42.0 Å². The Labute approximate surface area is 308 Å². The smallest absolute Gasteiger partial charge is 0.335 e. The molecule has 2 unspecified atom stereocenters. The molecule has 52 heavy (non-hydrogen) atoms. The highest BCUT2D eigenvalue weighted by Crippen LogP contribution is 2.33. The van der Waals surface area contributed by atoms with E-state index in [-0.39, 0.29) is 42.2 Å². The normalized spacial score (nSPS) is 14.3.